The molecule has 126 valence electrons. The molecule has 0 unspecified atom stereocenters. The zero-order chi connectivity index (χ0) is 17.5. The fraction of sp³-hybridized carbons (Fsp3) is 0.316. The Hall–Kier alpha value is -2.69. The Bertz CT molecular complexity index is 736. The number of aliphatic imine (C=N–C) groups is 2. The first-order valence-electron chi connectivity index (χ1n) is 8.13. The average molecular weight is 323 g/mol. The van der Waals surface area contributed by atoms with Gasteiger partial charge in [-0.15, -0.1) is 0 Å². The van der Waals surface area contributed by atoms with Crippen molar-refractivity contribution in [3.8, 4) is 0 Å². The van der Waals surface area contributed by atoms with E-state index in [1.807, 2.05) is 31.2 Å². The van der Waals surface area contributed by atoms with Crippen LogP contribution < -0.4 is 11.5 Å². The van der Waals surface area contributed by atoms with Crippen LogP contribution in [0, 0.1) is 12.8 Å². The predicted molar refractivity (Wildman–Crippen MR) is 102 cm³/mol. The number of hydrogen-bond acceptors (Lipinski definition) is 5. The summed E-state index contributed by atoms with van der Waals surface area (Å²) in [7, 11) is 0. The van der Waals surface area contributed by atoms with Crippen LogP contribution in [0.4, 0.5) is 5.82 Å². The van der Waals surface area contributed by atoms with E-state index >= 15 is 0 Å². The van der Waals surface area contributed by atoms with Crippen LogP contribution in [0.2, 0.25) is 0 Å². The van der Waals surface area contributed by atoms with E-state index < -0.39 is 0 Å². The third-order valence-electron chi connectivity index (χ3n) is 3.74. The van der Waals surface area contributed by atoms with E-state index in [1.54, 1.807) is 12.3 Å². The maximum Gasteiger partial charge on any atom is 0.152 e. The summed E-state index contributed by atoms with van der Waals surface area (Å²) in [6.07, 6.45) is 7.77. The molecule has 4 N–H and O–H groups in total. The van der Waals surface area contributed by atoms with Gasteiger partial charge in [0.25, 0.3) is 0 Å². The largest absolute Gasteiger partial charge is 0.405 e. The standard InChI is InChI=1S/C19H25N5/c1-13(2)17(12-21)19(24-18-6-4-5-14(3)23-18)15-8-10-22-16(11-15)7-9-20/h4-7,9,11-13H,8,10,20-21H2,1-3H3. The highest BCUT2D eigenvalue weighted by atomic mass is 14.9. The molecule has 0 amide bonds. The molecule has 0 fully saturated rings. The molecule has 0 radical (unpaired) electrons. The molecule has 5 nitrogen and oxygen atoms in total. The lowest BCUT2D eigenvalue weighted by molar-refractivity contribution is 0.797. The van der Waals surface area contributed by atoms with Crippen molar-refractivity contribution in [3.05, 3.63) is 59.6 Å². The smallest absolute Gasteiger partial charge is 0.152 e. The molecule has 1 aliphatic rings. The van der Waals surface area contributed by atoms with E-state index in [1.165, 1.54) is 6.20 Å². The van der Waals surface area contributed by atoms with Gasteiger partial charge in [-0.3, -0.25) is 4.99 Å². The molecule has 2 heterocycles. The number of pyridine rings is 1. The monoisotopic (exact) mass is 323 g/mol. The number of hydrogen-bond donors (Lipinski definition) is 2. The van der Waals surface area contributed by atoms with E-state index in [4.69, 9.17) is 16.5 Å². The van der Waals surface area contributed by atoms with E-state index in [0.717, 1.165) is 34.7 Å². The molecule has 1 aromatic rings. The Morgan fingerprint density at radius 2 is 2.08 bits per heavy atom. The van der Waals surface area contributed by atoms with Gasteiger partial charge in [-0.25, -0.2) is 9.98 Å². The van der Waals surface area contributed by atoms with Gasteiger partial charge >= 0.3 is 0 Å². The Morgan fingerprint density at radius 3 is 2.71 bits per heavy atom. The summed E-state index contributed by atoms with van der Waals surface area (Å²) >= 11 is 0. The summed E-state index contributed by atoms with van der Waals surface area (Å²) in [5.74, 6) is 0.941. The molecule has 0 atom stereocenters. The zero-order valence-electron chi connectivity index (χ0n) is 14.5. The maximum absolute atomic E-state index is 5.90. The first-order chi connectivity index (χ1) is 11.5. The Kier molecular flexibility index (Phi) is 6.07. The molecule has 1 aromatic heterocycles. The van der Waals surface area contributed by atoms with Crippen molar-refractivity contribution >= 4 is 17.2 Å². The van der Waals surface area contributed by atoms with Crippen molar-refractivity contribution in [3.63, 3.8) is 0 Å². The summed E-state index contributed by atoms with van der Waals surface area (Å²) in [5, 5.41) is 0. The number of aromatic nitrogens is 1. The van der Waals surface area contributed by atoms with Gasteiger partial charge in [-0.05, 0) is 67.1 Å². The van der Waals surface area contributed by atoms with Crippen LogP contribution in [0.25, 0.3) is 0 Å². The maximum atomic E-state index is 5.90. The van der Waals surface area contributed by atoms with Crippen molar-refractivity contribution in [2.45, 2.75) is 27.2 Å². The lowest BCUT2D eigenvalue weighted by Gasteiger charge is -2.19. The first kappa shape index (κ1) is 17.7. The molecule has 5 heteroatoms. The summed E-state index contributed by atoms with van der Waals surface area (Å²) in [5.41, 5.74) is 16.2. The van der Waals surface area contributed by atoms with Gasteiger partial charge in [-0.2, -0.15) is 0 Å². The Balaban J connectivity index is 2.54. The Labute approximate surface area is 143 Å². The topological polar surface area (TPSA) is 89.6 Å². The lowest BCUT2D eigenvalue weighted by atomic mass is 9.91. The molecule has 0 spiro atoms. The summed E-state index contributed by atoms with van der Waals surface area (Å²) in [6.45, 7) is 6.88. The van der Waals surface area contributed by atoms with Crippen LogP contribution in [-0.2, 0) is 0 Å². The number of nitrogens with two attached hydrogens (primary N) is 2. The van der Waals surface area contributed by atoms with Gasteiger partial charge in [0, 0.05) is 12.2 Å². The summed E-state index contributed by atoms with van der Waals surface area (Å²) in [4.78, 5) is 13.8. The molecule has 0 aliphatic carbocycles. The van der Waals surface area contributed by atoms with Gasteiger partial charge < -0.3 is 11.5 Å². The van der Waals surface area contributed by atoms with E-state index in [9.17, 15) is 0 Å². The van der Waals surface area contributed by atoms with Crippen molar-refractivity contribution in [2.75, 3.05) is 6.54 Å². The number of dihydropyridines is 1. The van der Waals surface area contributed by atoms with Gasteiger partial charge in [0.2, 0.25) is 0 Å². The van der Waals surface area contributed by atoms with Crippen molar-refractivity contribution in [1.82, 2.24) is 4.98 Å². The third-order valence-corrected chi connectivity index (χ3v) is 3.74. The zero-order valence-corrected chi connectivity index (χ0v) is 14.5. The van der Waals surface area contributed by atoms with Gasteiger partial charge in [0.15, 0.2) is 5.82 Å². The van der Waals surface area contributed by atoms with Crippen LogP contribution in [0.5, 0.6) is 0 Å². The molecular formula is C19H25N5. The highest BCUT2D eigenvalue weighted by molar-refractivity contribution is 6.18. The Morgan fingerprint density at radius 1 is 1.29 bits per heavy atom. The number of nitrogens with zero attached hydrogens (tertiary/aromatic N) is 3. The third kappa shape index (κ3) is 4.41. The molecule has 0 saturated carbocycles. The average Bonchev–Trinajstić information content (AvgIpc) is 2.55. The normalized spacial score (nSPS) is 16.5. The molecule has 2 rings (SSSR count). The number of rotatable bonds is 5. The highest BCUT2D eigenvalue weighted by Gasteiger charge is 2.18. The minimum absolute atomic E-state index is 0.256. The van der Waals surface area contributed by atoms with Crippen LogP contribution in [-0.4, -0.2) is 23.0 Å². The van der Waals surface area contributed by atoms with Crippen LogP contribution in [0.1, 0.15) is 26.0 Å². The van der Waals surface area contributed by atoms with Crippen molar-refractivity contribution < 1.29 is 0 Å². The first-order valence-corrected chi connectivity index (χ1v) is 8.13. The van der Waals surface area contributed by atoms with E-state index in [-0.39, 0.29) is 5.92 Å². The number of aryl methyl sites for hydroxylation is 1. The minimum Gasteiger partial charge on any atom is -0.405 e. The van der Waals surface area contributed by atoms with Crippen LogP contribution >= 0.6 is 0 Å². The second kappa shape index (κ2) is 8.24. The van der Waals surface area contributed by atoms with Gasteiger partial charge in [0.05, 0.1) is 11.4 Å². The van der Waals surface area contributed by atoms with Crippen molar-refractivity contribution in [2.24, 2.45) is 27.4 Å². The van der Waals surface area contributed by atoms with Crippen LogP contribution in [0.15, 0.2) is 63.9 Å². The molecule has 24 heavy (non-hydrogen) atoms. The fourth-order valence-corrected chi connectivity index (χ4v) is 2.56. The minimum atomic E-state index is 0.256. The lowest BCUT2D eigenvalue weighted by Crippen LogP contribution is -2.17. The fourth-order valence-electron chi connectivity index (χ4n) is 2.56. The van der Waals surface area contributed by atoms with Gasteiger partial charge in [-0.1, -0.05) is 19.9 Å². The summed E-state index contributed by atoms with van der Waals surface area (Å²) < 4.78 is 0. The molecule has 0 saturated heterocycles. The molecule has 1 aliphatic heterocycles. The highest BCUT2D eigenvalue weighted by Crippen LogP contribution is 2.24. The van der Waals surface area contributed by atoms with Gasteiger partial charge in [0.1, 0.15) is 0 Å². The SMILES string of the molecule is Cc1cccc(N=C(C2=CC(C=CN)=NCC2)C(=CN)C(C)C)n1. The molecular weight excluding hydrogens is 298 g/mol. The van der Waals surface area contributed by atoms with E-state index in [2.05, 4.69) is 23.8 Å². The van der Waals surface area contributed by atoms with Crippen LogP contribution in [0.3, 0.4) is 0 Å². The van der Waals surface area contributed by atoms with E-state index in [0.29, 0.717) is 12.4 Å². The number of allylic oxidation sites excluding steroid dienone is 3. The second-order valence-corrected chi connectivity index (χ2v) is 5.96. The predicted octanol–water partition coefficient (Wildman–Crippen LogP) is 3.20. The second-order valence-electron chi connectivity index (χ2n) is 5.96. The molecule has 0 bridgehead atoms. The summed E-state index contributed by atoms with van der Waals surface area (Å²) in [6, 6.07) is 5.82. The molecule has 0 aromatic carbocycles. The quantitative estimate of drug-likeness (QED) is 0.815. The van der Waals surface area contributed by atoms with Crippen molar-refractivity contribution in [1.29, 1.82) is 0 Å².